The Morgan fingerprint density at radius 1 is 1.27 bits per heavy atom. The highest BCUT2D eigenvalue weighted by Gasteiger charge is 2.19. The van der Waals surface area contributed by atoms with Crippen LogP contribution in [0.5, 0.6) is 0 Å². The fourth-order valence-corrected chi connectivity index (χ4v) is 2.56. The number of hydrogen-bond acceptors (Lipinski definition) is 6. The standard InChI is InChI=1S/C14H20N6O2/c1-10(2)22-14(21)16-13-18-17-12-11(15-6-9-20(12)13)19-7-4-3-5-8-19/h6,9-10H,3-5,7-8H2,1-2H3,(H,16,18,21). The van der Waals surface area contributed by atoms with Crippen LogP contribution in [0.3, 0.4) is 0 Å². The largest absolute Gasteiger partial charge is 0.447 e. The zero-order valence-electron chi connectivity index (χ0n) is 12.8. The lowest BCUT2D eigenvalue weighted by molar-refractivity contribution is 0.129. The van der Waals surface area contributed by atoms with Gasteiger partial charge in [-0.05, 0) is 33.1 Å². The number of nitrogens with one attached hydrogen (secondary N) is 1. The molecule has 1 fully saturated rings. The van der Waals surface area contributed by atoms with Gasteiger partial charge in [0.1, 0.15) is 0 Å². The molecule has 1 saturated heterocycles. The van der Waals surface area contributed by atoms with E-state index in [1.807, 2.05) is 0 Å². The molecule has 3 rings (SSSR count). The van der Waals surface area contributed by atoms with Crippen LogP contribution in [0.2, 0.25) is 0 Å². The van der Waals surface area contributed by atoms with Crippen molar-refractivity contribution in [3.05, 3.63) is 12.4 Å². The molecule has 0 atom stereocenters. The van der Waals surface area contributed by atoms with Gasteiger partial charge in [-0.25, -0.2) is 9.78 Å². The summed E-state index contributed by atoms with van der Waals surface area (Å²) >= 11 is 0. The van der Waals surface area contributed by atoms with Gasteiger partial charge in [-0.15, -0.1) is 10.2 Å². The molecule has 2 aromatic heterocycles. The van der Waals surface area contributed by atoms with Crippen molar-refractivity contribution in [2.75, 3.05) is 23.3 Å². The number of aromatic nitrogens is 4. The van der Waals surface area contributed by atoms with Gasteiger partial charge in [0.2, 0.25) is 11.6 Å². The van der Waals surface area contributed by atoms with E-state index in [9.17, 15) is 4.79 Å². The summed E-state index contributed by atoms with van der Waals surface area (Å²) in [4.78, 5) is 18.4. The molecule has 3 heterocycles. The lowest BCUT2D eigenvalue weighted by Crippen LogP contribution is -2.30. The minimum atomic E-state index is -0.541. The molecular weight excluding hydrogens is 284 g/mol. The molecule has 0 saturated carbocycles. The molecule has 1 aliphatic rings. The lowest BCUT2D eigenvalue weighted by Gasteiger charge is -2.27. The Kier molecular flexibility index (Phi) is 4.08. The molecule has 0 aliphatic carbocycles. The SMILES string of the molecule is CC(C)OC(=O)Nc1nnc2c(N3CCCCC3)nccn12. The van der Waals surface area contributed by atoms with E-state index in [0.717, 1.165) is 31.7 Å². The summed E-state index contributed by atoms with van der Waals surface area (Å²) in [6.07, 6.45) is 6.25. The van der Waals surface area contributed by atoms with Crippen LogP contribution < -0.4 is 10.2 Å². The summed E-state index contributed by atoms with van der Waals surface area (Å²) in [6.45, 7) is 5.52. The van der Waals surface area contributed by atoms with E-state index in [4.69, 9.17) is 4.74 Å². The molecule has 1 aliphatic heterocycles. The molecule has 0 bridgehead atoms. The first kappa shape index (κ1) is 14.6. The van der Waals surface area contributed by atoms with Gasteiger partial charge >= 0.3 is 6.09 Å². The van der Waals surface area contributed by atoms with Crippen molar-refractivity contribution in [3.63, 3.8) is 0 Å². The first-order chi connectivity index (χ1) is 10.6. The van der Waals surface area contributed by atoms with E-state index in [1.54, 1.807) is 30.6 Å². The maximum absolute atomic E-state index is 11.7. The van der Waals surface area contributed by atoms with Crippen LogP contribution in [0, 0.1) is 0 Å². The summed E-state index contributed by atoms with van der Waals surface area (Å²) in [5, 5.41) is 10.8. The molecule has 8 heteroatoms. The van der Waals surface area contributed by atoms with Gasteiger partial charge in [-0.1, -0.05) is 0 Å². The highest BCUT2D eigenvalue weighted by Crippen LogP contribution is 2.22. The van der Waals surface area contributed by atoms with Crippen LogP contribution in [-0.4, -0.2) is 44.9 Å². The summed E-state index contributed by atoms with van der Waals surface area (Å²) in [5.41, 5.74) is 0.643. The van der Waals surface area contributed by atoms with Crippen LogP contribution in [0.15, 0.2) is 12.4 Å². The summed E-state index contributed by atoms with van der Waals surface area (Å²) < 4.78 is 6.78. The van der Waals surface area contributed by atoms with Crippen molar-refractivity contribution < 1.29 is 9.53 Å². The topological polar surface area (TPSA) is 84.6 Å². The van der Waals surface area contributed by atoms with Gasteiger partial charge in [0.05, 0.1) is 6.10 Å². The van der Waals surface area contributed by atoms with Gasteiger partial charge in [-0.3, -0.25) is 9.72 Å². The first-order valence-electron chi connectivity index (χ1n) is 7.57. The van der Waals surface area contributed by atoms with Crippen molar-refractivity contribution in [3.8, 4) is 0 Å². The van der Waals surface area contributed by atoms with Gasteiger partial charge in [0, 0.05) is 25.5 Å². The third-order valence-electron chi connectivity index (χ3n) is 3.52. The third kappa shape index (κ3) is 2.95. The fraction of sp³-hybridized carbons (Fsp3) is 0.571. The third-order valence-corrected chi connectivity index (χ3v) is 3.52. The van der Waals surface area contributed by atoms with E-state index < -0.39 is 6.09 Å². The second-order valence-corrected chi connectivity index (χ2v) is 5.59. The molecule has 1 amide bonds. The second-order valence-electron chi connectivity index (χ2n) is 5.59. The summed E-state index contributed by atoms with van der Waals surface area (Å²) in [6, 6.07) is 0. The molecule has 1 N–H and O–H groups in total. The normalized spacial score (nSPS) is 15.3. The molecule has 8 nitrogen and oxygen atoms in total. The Balaban J connectivity index is 1.86. The average Bonchev–Trinajstić information content (AvgIpc) is 2.90. The van der Waals surface area contributed by atoms with Crippen molar-refractivity contribution in [1.82, 2.24) is 19.6 Å². The first-order valence-corrected chi connectivity index (χ1v) is 7.57. The minimum Gasteiger partial charge on any atom is -0.447 e. The number of nitrogens with zero attached hydrogens (tertiary/aromatic N) is 5. The quantitative estimate of drug-likeness (QED) is 0.934. The van der Waals surface area contributed by atoms with Crippen LogP contribution in [-0.2, 0) is 4.74 Å². The number of anilines is 2. The summed E-state index contributed by atoms with van der Waals surface area (Å²) in [5.74, 6) is 1.14. The zero-order chi connectivity index (χ0) is 15.5. The van der Waals surface area contributed by atoms with E-state index in [2.05, 4.69) is 25.4 Å². The average molecular weight is 304 g/mol. The lowest BCUT2D eigenvalue weighted by atomic mass is 10.1. The molecule has 0 spiro atoms. The van der Waals surface area contributed by atoms with Crippen molar-refractivity contribution in [2.45, 2.75) is 39.2 Å². The molecule has 0 aromatic carbocycles. The van der Waals surface area contributed by atoms with E-state index in [1.165, 1.54) is 6.42 Å². The Labute approximate surface area is 128 Å². The number of carbonyl (C=O) groups is 1. The Hall–Kier alpha value is -2.38. The molecule has 2 aromatic rings. The maximum atomic E-state index is 11.7. The number of fused-ring (bicyclic) bond motifs is 1. The van der Waals surface area contributed by atoms with Crippen LogP contribution in [0.1, 0.15) is 33.1 Å². The predicted molar refractivity (Wildman–Crippen MR) is 82.1 cm³/mol. The smallest absolute Gasteiger partial charge is 0.414 e. The van der Waals surface area contributed by atoms with Crippen molar-refractivity contribution in [1.29, 1.82) is 0 Å². The van der Waals surface area contributed by atoms with Crippen molar-refractivity contribution in [2.24, 2.45) is 0 Å². The molecule has 22 heavy (non-hydrogen) atoms. The summed E-state index contributed by atoms with van der Waals surface area (Å²) in [7, 11) is 0. The van der Waals surface area contributed by atoms with Crippen LogP contribution in [0.4, 0.5) is 16.6 Å². The zero-order valence-corrected chi connectivity index (χ0v) is 12.8. The van der Waals surface area contributed by atoms with Gasteiger partial charge < -0.3 is 9.64 Å². The van der Waals surface area contributed by atoms with E-state index >= 15 is 0 Å². The van der Waals surface area contributed by atoms with Gasteiger partial charge in [-0.2, -0.15) is 0 Å². The molecule has 0 radical (unpaired) electrons. The van der Waals surface area contributed by atoms with E-state index in [0.29, 0.717) is 11.6 Å². The second kappa shape index (κ2) is 6.17. The van der Waals surface area contributed by atoms with Crippen LogP contribution >= 0.6 is 0 Å². The number of carbonyl (C=O) groups excluding carboxylic acids is 1. The fourth-order valence-electron chi connectivity index (χ4n) is 2.56. The predicted octanol–water partition coefficient (Wildman–Crippen LogP) is 2.07. The highest BCUT2D eigenvalue weighted by molar-refractivity contribution is 5.83. The van der Waals surface area contributed by atoms with Gasteiger partial charge in [0.15, 0.2) is 5.82 Å². The minimum absolute atomic E-state index is 0.190. The number of rotatable bonds is 3. The number of piperidine rings is 1. The Morgan fingerprint density at radius 3 is 2.77 bits per heavy atom. The molecular formula is C14H20N6O2. The molecule has 0 unspecified atom stereocenters. The van der Waals surface area contributed by atoms with Gasteiger partial charge in [0.25, 0.3) is 0 Å². The highest BCUT2D eigenvalue weighted by atomic mass is 16.6. The monoisotopic (exact) mass is 304 g/mol. The Bertz CT molecular complexity index is 662. The number of ether oxygens (including phenoxy) is 1. The molecule has 118 valence electrons. The Morgan fingerprint density at radius 2 is 2.05 bits per heavy atom. The maximum Gasteiger partial charge on any atom is 0.414 e. The van der Waals surface area contributed by atoms with E-state index in [-0.39, 0.29) is 6.10 Å². The van der Waals surface area contributed by atoms with Crippen molar-refractivity contribution >= 4 is 23.5 Å². The van der Waals surface area contributed by atoms with Crippen LogP contribution in [0.25, 0.3) is 5.65 Å². The number of amides is 1. The number of hydrogen-bond donors (Lipinski definition) is 1.